The molecule has 5 rings (SSSR count). The third-order valence-electron chi connectivity index (χ3n) is 4.31. The molecule has 0 amide bonds. The smallest absolute Gasteiger partial charge is 0.0802 e. The number of hydrogen-bond donors (Lipinski definition) is 0. The number of fused-ring (bicyclic) bond motifs is 5. The Morgan fingerprint density at radius 1 is 0.792 bits per heavy atom. The Kier molecular flexibility index (Phi) is 3.18. The highest BCUT2D eigenvalue weighted by Crippen LogP contribution is 2.43. The van der Waals surface area contributed by atoms with Crippen molar-refractivity contribution in [2.24, 2.45) is 0 Å². The van der Waals surface area contributed by atoms with Crippen molar-refractivity contribution in [3.63, 3.8) is 0 Å². The molecule has 0 fully saturated rings. The van der Waals surface area contributed by atoms with E-state index in [1.807, 2.05) is 17.4 Å². The largest absolute Gasteiger partial charge is 0.247 e. The molecule has 2 aromatic heterocycles. The lowest BCUT2D eigenvalue weighted by molar-refractivity contribution is 1.43. The number of nitrogens with zero attached hydrogens (tertiary/aromatic N) is 1. The van der Waals surface area contributed by atoms with Gasteiger partial charge in [-0.15, -0.1) is 11.3 Å². The Morgan fingerprint density at radius 3 is 2.46 bits per heavy atom. The molecule has 0 radical (unpaired) electrons. The van der Waals surface area contributed by atoms with E-state index in [4.69, 9.17) is 4.98 Å². The quantitative estimate of drug-likeness (QED) is 0.299. The number of pyridine rings is 1. The molecule has 0 aliphatic rings. The minimum Gasteiger partial charge on any atom is -0.247 e. The number of halogens is 1. The second-order valence-electron chi connectivity index (χ2n) is 5.79. The van der Waals surface area contributed by atoms with Gasteiger partial charge in [0, 0.05) is 35.6 Å². The van der Waals surface area contributed by atoms with Gasteiger partial charge in [-0.3, -0.25) is 0 Å². The van der Waals surface area contributed by atoms with Crippen molar-refractivity contribution in [1.82, 2.24) is 4.98 Å². The zero-order chi connectivity index (χ0) is 16.1. The maximum Gasteiger partial charge on any atom is 0.0802 e. The van der Waals surface area contributed by atoms with Crippen LogP contribution in [0.4, 0.5) is 0 Å². The molecule has 3 aromatic carbocycles. The first-order valence-corrected chi connectivity index (χ1v) is 9.38. The van der Waals surface area contributed by atoms with Crippen LogP contribution in [0, 0.1) is 0 Å². The molecule has 0 saturated heterocycles. The van der Waals surface area contributed by atoms with Gasteiger partial charge >= 0.3 is 0 Å². The van der Waals surface area contributed by atoms with Gasteiger partial charge in [0.05, 0.1) is 11.2 Å². The van der Waals surface area contributed by atoms with Crippen LogP contribution in [-0.4, -0.2) is 4.98 Å². The average Bonchev–Trinajstić information content (AvgIpc) is 3.01. The van der Waals surface area contributed by atoms with Crippen LogP contribution in [0.15, 0.2) is 77.3 Å². The summed E-state index contributed by atoms with van der Waals surface area (Å²) in [5.74, 6) is 0. The van der Waals surface area contributed by atoms with Crippen molar-refractivity contribution in [1.29, 1.82) is 0 Å². The third-order valence-corrected chi connectivity index (χ3v) is 6.01. The van der Waals surface area contributed by atoms with E-state index in [2.05, 4.69) is 82.7 Å². The minimum atomic E-state index is 1.05. The van der Waals surface area contributed by atoms with Crippen LogP contribution in [0.2, 0.25) is 0 Å². The lowest BCUT2D eigenvalue weighted by Gasteiger charge is -2.07. The standard InChI is InChI=1S/C21H12BrNS/c22-14-10-11-18-16(12-14)19-20(13-6-2-1-3-7-13)23-17-9-5-4-8-15(17)21(19)24-18/h1-12H. The molecular weight excluding hydrogens is 378 g/mol. The Morgan fingerprint density at radius 2 is 1.58 bits per heavy atom. The highest BCUT2D eigenvalue weighted by atomic mass is 79.9. The summed E-state index contributed by atoms with van der Waals surface area (Å²) in [4.78, 5) is 5.02. The van der Waals surface area contributed by atoms with E-state index >= 15 is 0 Å². The highest BCUT2D eigenvalue weighted by molar-refractivity contribution is 9.10. The van der Waals surface area contributed by atoms with E-state index in [1.54, 1.807) is 0 Å². The summed E-state index contributed by atoms with van der Waals surface area (Å²) in [7, 11) is 0. The maximum absolute atomic E-state index is 5.02. The molecule has 0 spiro atoms. The van der Waals surface area contributed by atoms with E-state index in [-0.39, 0.29) is 0 Å². The summed E-state index contributed by atoms with van der Waals surface area (Å²) in [6.45, 7) is 0. The van der Waals surface area contributed by atoms with Crippen molar-refractivity contribution < 1.29 is 0 Å². The van der Waals surface area contributed by atoms with E-state index in [1.165, 1.54) is 25.6 Å². The third kappa shape index (κ3) is 2.09. The summed E-state index contributed by atoms with van der Waals surface area (Å²) < 4.78 is 3.71. The van der Waals surface area contributed by atoms with Gasteiger partial charge in [-0.2, -0.15) is 0 Å². The van der Waals surface area contributed by atoms with Gasteiger partial charge in [-0.1, -0.05) is 64.5 Å². The number of hydrogen-bond acceptors (Lipinski definition) is 2. The number of rotatable bonds is 1. The fraction of sp³-hybridized carbons (Fsp3) is 0. The molecule has 0 unspecified atom stereocenters. The van der Waals surface area contributed by atoms with Crippen LogP contribution in [-0.2, 0) is 0 Å². The van der Waals surface area contributed by atoms with Crippen molar-refractivity contribution in [3.8, 4) is 11.3 Å². The molecule has 0 bridgehead atoms. The predicted molar refractivity (Wildman–Crippen MR) is 108 cm³/mol. The Labute approximate surface area is 151 Å². The van der Waals surface area contributed by atoms with Crippen molar-refractivity contribution in [3.05, 3.63) is 77.3 Å². The van der Waals surface area contributed by atoms with E-state index in [9.17, 15) is 0 Å². The Balaban J connectivity index is 2.06. The van der Waals surface area contributed by atoms with Gasteiger partial charge in [0.25, 0.3) is 0 Å². The predicted octanol–water partition coefficient (Wildman–Crippen LogP) is 7.03. The van der Waals surface area contributed by atoms with Gasteiger partial charge < -0.3 is 0 Å². The molecule has 0 aliphatic carbocycles. The Bertz CT molecular complexity index is 1210. The van der Waals surface area contributed by atoms with Crippen molar-refractivity contribution in [2.45, 2.75) is 0 Å². The van der Waals surface area contributed by atoms with Gasteiger partial charge in [-0.25, -0.2) is 4.98 Å². The van der Waals surface area contributed by atoms with Crippen LogP contribution >= 0.6 is 27.3 Å². The van der Waals surface area contributed by atoms with Crippen LogP contribution in [0.5, 0.6) is 0 Å². The monoisotopic (exact) mass is 389 g/mol. The molecule has 0 atom stereocenters. The zero-order valence-electron chi connectivity index (χ0n) is 12.7. The first-order valence-electron chi connectivity index (χ1n) is 7.77. The molecule has 3 heteroatoms. The second-order valence-corrected chi connectivity index (χ2v) is 7.76. The number of aromatic nitrogens is 1. The van der Waals surface area contributed by atoms with Crippen molar-refractivity contribution >= 4 is 58.3 Å². The van der Waals surface area contributed by atoms with Crippen molar-refractivity contribution in [2.75, 3.05) is 0 Å². The Hall–Kier alpha value is -2.23. The first kappa shape index (κ1) is 14.1. The average molecular weight is 390 g/mol. The van der Waals surface area contributed by atoms with Gasteiger partial charge in [0.2, 0.25) is 0 Å². The molecule has 5 aromatic rings. The fourth-order valence-electron chi connectivity index (χ4n) is 3.24. The highest BCUT2D eigenvalue weighted by Gasteiger charge is 2.15. The summed E-state index contributed by atoms with van der Waals surface area (Å²) >= 11 is 5.47. The molecular formula is C21H12BrNS. The number of para-hydroxylation sites is 1. The first-order chi connectivity index (χ1) is 11.8. The molecule has 0 N–H and O–H groups in total. The van der Waals surface area contributed by atoms with Gasteiger partial charge in [0.15, 0.2) is 0 Å². The maximum atomic E-state index is 5.02. The van der Waals surface area contributed by atoms with Crippen LogP contribution in [0.25, 0.3) is 42.3 Å². The topological polar surface area (TPSA) is 12.9 Å². The SMILES string of the molecule is Brc1ccc2sc3c4ccccc4nc(-c4ccccc4)c3c2c1. The zero-order valence-corrected chi connectivity index (χ0v) is 15.1. The second kappa shape index (κ2) is 5.40. The van der Waals surface area contributed by atoms with E-state index in [0.29, 0.717) is 0 Å². The summed E-state index contributed by atoms with van der Waals surface area (Å²) in [5.41, 5.74) is 3.27. The normalized spacial score (nSPS) is 11.5. The number of benzene rings is 3. The van der Waals surface area contributed by atoms with Crippen LogP contribution in [0.1, 0.15) is 0 Å². The molecule has 0 saturated carbocycles. The summed E-state index contributed by atoms with van der Waals surface area (Å²) in [5, 5.41) is 3.74. The molecule has 24 heavy (non-hydrogen) atoms. The number of thiophene rings is 1. The van der Waals surface area contributed by atoms with Gasteiger partial charge in [0.1, 0.15) is 0 Å². The molecule has 1 nitrogen and oxygen atoms in total. The fourth-order valence-corrected chi connectivity index (χ4v) is 4.82. The molecule has 0 aliphatic heterocycles. The molecule has 2 heterocycles. The van der Waals surface area contributed by atoms with E-state index < -0.39 is 0 Å². The van der Waals surface area contributed by atoms with Crippen LogP contribution in [0.3, 0.4) is 0 Å². The minimum absolute atomic E-state index is 1.05. The van der Waals surface area contributed by atoms with Crippen LogP contribution < -0.4 is 0 Å². The summed E-state index contributed by atoms with van der Waals surface area (Å²) in [6, 6.07) is 25.4. The lowest BCUT2D eigenvalue weighted by Crippen LogP contribution is -1.87. The van der Waals surface area contributed by atoms with Gasteiger partial charge in [-0.05, 0) is 24.3 Å². The molecule has 114 valence electrons. The summed E-state index contributed by atoms with van der Waals surface area (Å²) in [6.07, 6.45) is 0. The van der Waals surface area contributed by atoms with E-state index in [0.717, 1.165) is 21.2 Å². The lowest BCUT2D eigenvalue weighted by atomic mass is 10.0.